The molecule has 0 aliphatic carbocycles. The van der Waals surface area contributed by atoms with Gasteiger partial charge in [-0.2, -0.15) is 5.10 Å². The van der Waals surface area contributed by atoms with Gasteiger partial charge in [0.1, 0.15) is 18.9 Å². The van der Waals surface area contributed by atoms with Gasteiger partial charge in [-0.25, -0.2) is 13.8 Å². The monoisotopic (exact) mass is 558 g/mol. The fourth-order valence-corrected chi connectivity index (χ4v) is 5.06. The van der Waals surface area contributed by atoms with Crippen molar-refractivity contribution in [2.75, 3.05) is 10.8 Å². The molecule has 0 unspecified atom stereocenters. The zero-order chi connectivity index (χ0) is 28.5. The Labute approximate surface area is 231 Å². The quantitative estimate of drug-likeness (QED) is 0.159. The Kier molecular flexibility index (Phi) is 8.87. The summed E-state index contributed by atoms with van der Waals surface area (Å²) in [6, 6.07) is 27.6. The number of nitrogens with zero attached hydrogens (tertiary/aromatic N) is 3. The van der Waals surface area contributed by atoms with E-state index in [-0.39, 0.29) is 16.3 Å². The average Bonchev–Trinajstić information content (AvgIpc) is 2.97. The molecule has 0 fully saturated rings. The number of aryl methyl sites for hydroxylation is 1. The fourth-order valence-electron chi connectivity index (χ4n) is 3.62. The molecule has 0 atom stereocenters. The normalized spacial score (nSPS) is 11.2. The molecule has 0 saturated heterocycles. The van der Waals surface area contributed by atoms with Gasteiger partial charge < -0.3 is 4.74 Å². The van der Waals surface area contributed by atoms with Crippen LogP contribution in [0.4, 0.5) is 11.4 Å². The van der Waals surface area contributed by atoms with Crippen LogP contribution in [-0.4, -0.2) is 32.0 Å². The molecule has 0 radical (unpaired) electrons. The van der Waals surface area contributed by atoms with Crippen molar-refractivity contribution < 1.29 is 22.9 Å². The van der Waals surface area contributed by atoms with E-state index in [9.17, 15) is 23.3 Å². The number of amides is 1. The molecular weight excluding hydrogens is 532 g/mol. The maximum atomic E-state index is 13.3. The summed E-state index contributed by atoms with van der Waals surface area (Å²) in [7, 11) is -4.16. The molecule has 204 valence electrons. The van der Waals surface area contributed by atoms with E-state index in [0.29, 0.717) is 17.9 Å². The Bertz CT molecular complexity index is 1590. The van der Waals surface area contributed by atoms with Crippen molar-refractivity contribution in [3.8, 4) is 5.75 Å². The highest BCUT2D eigenvalue weighted by Crippen LogP contribution is 2.25. The number of carbonyl (C=O) groups excluding carboxylic acids is 1. The third-order valence-corrected chi connectivity index (χ3v) is 7.56. The predicted octanol–water partition coefficient (Wildman–Crippen LogP) is 4.83. The van der Waals surface area contributed by atoms with E-state index < -0.39 is 27.4 Å². The van der Waals surface area contributed by atoms with Crippen molar-refractivity contribution in [3.05, 3.63) is 130 Å². The van der Waals surface area contributed by atoms with Gasteiger partial charge in [0.05, 0.1) is 21.7 Å². The van der Waals surface area contributed by atoms with E-state index in [1.54, 1.807) is 42.5 Å². The number of hydrogen-bond acceptors (Lipinski definition) is 7. The number of hydrogen-bond donors (Lipinski definition) is 1. The van der Waals surface area contributed by atoms with Crippen LogP contribution in [-0.2, 0) is 21.4 Å². The summed E-state index contributed by atoms with van der Waals surface area (Å²) in [5, 5.41) is 15.0. The molecule has 1 N–H and O–H groups in total. The molecule has 0 spiro atoms. The Morgan fingerprint density at radius 2 is 1.60 bits per heavy atom. The number of nitrogens with one attached hydrogen (secondary N) is 1. The van der Waals surface area contributed by atoms with Crippen LogP contribution in [0.25, 0.3) is 0 Å². The molecule has 4 rings (SSSR count). The molecule has 10 nitrogen and oxygen atoms in total. The van der Waals surface area contributed by atoms with E-state index in [1.807, 2.05) is 31.2 Å². The summed E-state index contributed by atoms with van der Waals surface area (Å²) in [5.41, 5.74) is 5.14. The van der Waals surface area contributed by atoms with Crippen LogP contribution in [0.15, 0.2) is 113 Å². The second kappa shape index (κ2) is 12.7. The first kappa shape index (κ1) is 28.0. The summed E-state index contributed by atoms with van der Waals surface area (Å²) in [4.78, 5) is 23.1. The molecular formula is C29H26N4O6S. The van der Waals surface area contributed by atoms with Crippen molar-refractivity contribution in [2.24, 2.45) is 5.10 Å². The smallest absolute Gasteiger partial charge is 0.269 e. The molecule has 0 saturated carbocycles. The average molecular weight is 559 g/mol. The second-order valence-electron chi connectivity index (χ2n) is 8.73. The van der Waals surface area contributed by atoms with E-state index in [1.165, 1.54) is 48.2 Å². The number of rotatable bonds is 11. The van der Waals surface area contributed by atoms with E-state index in [4.69, 9.17) is 4.74 Å². The second-order valence-corrected chi connectivity index (χ2v) is 10.6. The summed E-state index contributed by atoms with van der Waals surface area (Å²) < 4.78 is 33.3. The van der Waals surface area contributed by atoms with Gasteiger partial charge >= 0.3 is 0 Å². The van der Waals surface area contributed by atoms with Crippen molar-refractivity contribution >= 4 is 33.5 Å². The highest BCUT2D eigenvalue weighted by molar-refractivity contribution is 7.92. The highest BCUT2D eigenvalue weighted by Gasteiger charge is 2.27. The van der Waals surface area contributed by atoms with Crippen LogP contribution >= 0.6 is 0 Å². The number of carbonyl (C=O) groups is 1. The summed E-state index contributed by atoms with van der Waals surface area (Å²) in [5.74, 6) is -0.0289. The lowest BCUT2D eigenvalue weighted by molar-refractivity contribution is -0.384. The van der Waals surface area contributed by atoms with Crippen molar-refractivity contribution in [2.45, 2.75) is 18.4 Å². The molecule has 0 heterocycles. The molecule has 0 aliphatic heterocycles. The number of sulfonamides is 1. The van der Waals surface area contributed by atoms with Crippen molar-refractivity contribution in [3.63, 3.8) is 0 Å². The minimum absolute atomic E-state index is 0.0330. The van der Waals surface area contributed by atoms with Gasteiger partial charge in [-0.1, -0.05) is 48.0 Å². The van der Waals surface area contributed by atoms with Crippen LogP contribution in [0.2, 0.25) is 0 Å². The van der Waals surface area contributed by atoms with E-state index in [0.717, 1.165) is 9.87 Å². The van der Waals surface area contributed by atoms with Crippen LogP contribution in [0.1, 0.15) is 16.7 Å². The lowest BCUT2D eigenvalue weighted by Crippen LogP contribution is -2.39. The van der Waals surface area contributed by atoms with Crippen LogP contribution < -0.4 is 14.5 Å². The standard InChI is InChI=1S/C29H26N4O6S/c1-22-7-9-24(10-8-22)21-39-27-17-11-23(12-18-27)19-30-31-29(34)20-32(25-13-15-26(16-14-25)33(35)36)40(37,38)28-5-3-2-4-6-28/h2-19H,20-21H2,1H3,(H,31,34)/b30-19-. The highest BCUT2D eigenvalue weighted by atomic mass is 32.2. The molecule has 40 heavy (non-hydrogen) atoms. The Hall–Kier alpha value is -5.03. The minimum atomic E-state index is -4.16. The Morgan fingerprint density at radius 3 is 2.23 bits per heavy atom. The summed E-state index contributed by atoms with van der Waals surface area (Å²) >= 11 is 0. The van der Waals surface area contributed by atoms with Gasteiger partial charge in [-0.3, -0.25) is 19.2 Å². The van der Waals surface area contributed by atoms with E-state index in [2.05, 4.69) is 10.5 Å². The van der Waals surface area contributed by atoms with Crippen LogP contribution in [0.3, 0.4) is 0 Å². The lowest BCUT2D eigenvalue weighted by atomic mass is 10.2. The Balaban J connectivity index is 1.41. The number of benzene rings is 4. The minimum Gasteiger partial charge on any atom is -0.489 e. The number of anilines is 1. The van der Waals surface area contributed by atoms with Crippen LogP contribution in [0.5, 0.6) is 5.75 Å². The number of hydrazone groups is 1. The molecule has 0 bridgehead atoms. The van der Waals surface area contributed by atoms with Gasteiger partial charge in [0.15, 0.2) is 0 Å². The maximum absolute atomic E-state index is 13.3. The van der Waals surface area contributed by atoms with Gasteiger partial charge in [0.2, 0.25) is 0 Å². The molecule has 4 aromatic rings. The molecule has 0 aliphatic rings. The van der Waals surface area contributed by atoms with Crippen molar-refractivity contribution in [1.82, 2.24) is 5.43 Å². The Morgan fingerprint density at radius 1 is 0.950 bits per heavy atom. The van der Waals surface area contributed by atoms with Crippen molar-refractivity contribution in [1.29, 1.82) is 0 Å². The van der Waals surface area contributed by atoms with Crippen LogP contribution in [0, 0.1) is 17.0 Å². The van der Waals surface area contributed by atoms with Gasteiger partial charge in [0, 0.05) is 12.1 Å². The van der Waals surface area contributed by atoms with Gasteiger partial charge in [0.25, 0.3) is 21.6 Å². The zero-order valence-corrected chi connectivity index (χ0v) is 22.3. The van der Waals surface area contributed by atoms with Gasteiger partial charge in [-0.05, 0) is 66.6 Å². The first-order valence-corrected chi connectivity index (χ1v) is 13.6. The third-order valence-electron chi connectivity index (χ3n) is 5.78. The molecule has 11 heteroatoms. The number of nitro benzene ring substituents is 1. The number of non-ortho nitro benzene ring substituents is 1. The first-order valence-electron chi connectivity index (χ1n) is 12.1. The predicted molar refractivity (Wildman–Crippen MR) is 152 cm³/mol. The number of nitro groups is 1. The maximum Gasteiger partial charge on any atom is 0.269 e. The van der Waals surface area contributed by atoms with Gasteiger partial charge in [-0.15, -0.1) is 0 Å². The summed E-state index contributed by atoms with van der Waals surface area (Å²) in [6.07, 6.45) is 1.42. The molecule has 4 aromatic carbocycles. The topological polar surface area (TPSA) is 131 Å². The van der Waals surface area contributed by atoms with E-state index >= 15 is 0 Å². The SMILES string of the molecule is Cc1ccc(COc2ccc(/C=N\NC(=O)CN(c3ccc([N+](=O)[O-])cc3)S(=O)(=O)c3ccccc3)cc2)cc1. The molecule has 0 aromatic heterocycles. The lowest BCUT2D eigenvalue weighted by Gasteiger charge is -2.23. The molecule has 1 amide bonds. The third kappa shape index (κ3) is 7.29. The fraction of sp³-hybridized carbons (Fsp3) is 0.103. The number of ether oxygens (including phenoxy) is 1. The first-order chi connectivity index (χ1) is 19.2. The largest absolute Gasteiger partial charge is 0.489 e. The zero-order valence-electron chi connectivity index (χ0n) is 21.5. The summed E-state index contributed by atoms with van der Waals surface area (Å²) in [6.45, 7) is 1.86.